The van der Waals surface area contributed by atoms with Crippen LogP contribution in [0.4, 0.5) is 4.39 Å². The number of likely N-dealkylation sites (tertiary alicyclic amines) is 1. The summed E-state index contributed by atoms with van der Waals surface area (Å²) in [6.07, 6.45) is 1.34. The quantitative estimate of drug-likeness (QED) is 0.671. The minimum atomic E-state index is -0.248. The average Bonchev–Trinajstić information content (AvgIpc) is 2.33. The lowest BCUT2D eigenvalue weighted by Crippen LogP contribution is -2.30. The van der Waals surface area contributed by atoms with Crippen LogP contribution in [0.5, 0.6) is 0 Å². The highest BCUT2D eigenvalue weighted by Gasteiger charge is 2.26. The Balaban J connectivity index is 2.25. The third-order valence-electron chi connectivity index (χ3n) is 2.15. The second kappa shape index (κ2) is 4.38. The molecule has 1 aliphatic heterocycles. The van der Waals surface area contributed by atoms with Crippen molar-refractivity contribution in [2.45, 2.75) is 38.9 Å². The van der Waals surface area contributed by atoms with Crippen LogP contribution in [0.15, 0.2) is 0 Å². The molecule has 1 heterocycles. The van der Waals surface area contributed by atoms with Gasteiger partial charge in [-0.3, -0.25) is 4.90 Å². The molecule has 0 spiro atoms. The van der Waals surface area contributed by atoms with Gasteiger partial charge in [0.1, 0.15) is 6.67 Å². The predicted molar refractivity (Wildman–Crippen MR) is 51.7 cm³/mol. The first-order valence-electron chi connectivity index (χ1n) is 4.97. The van der Waals surface area contributed by atoms with E-state index in [9.17, 15) is 4.39 Å². The monoisotopic (exact) mass is 189 g/mol. The summed E-state index contributed by atoms with van der Waals surface area (Å²) in [5, 5.41) is 0. The fraction of sp³-hybridized carbons (Fsp3) is 1.00. The molecule has 1 rings (SSSR count). The van der Waals surface area contributed by atoms with Gasteiger partial charge in [0.25, 0.3) is 0 Å². The summed E-state index contributed by atoms with van der Waals surface area (Å²) >= 11 is 0. The highest BCUT2D eigenvalue weighted by atomic mass is 19.1. The molecule has 1 unspecified atom stereocenters. The van der Waals surface area contributed by atoms with Gasteiger partial charge in [-0.05, 0) is 27.2 Å². The molecule has 1 aliphatic rings. The topological polar surface area (TPSA) is 12.5 Å². The first-order valence-corrected chi connectivity index (χ1v) is 4.97. The van der Waals surface area contributed by atoms with Gasteiger partial charge in [-0.1, -0.05) is 0 Å². The zero-order valence-electron chi connectivity index (χ0n) is 8.85. The summed E-state index contributed by atoms with van der Waals surface area (Å²) in [7, 11) is 0. The summed E-state index contributed by atoms with van der Waals surface area (Å²) in [5.74, 6) is 0. The molecule has 0 bridgehead atoms. The maximum atomic E-state index is 12.0. The van der Waals surface area contributed by atoms with Crippen molar-refractivity contribution >= 4 is 0 Å². The molecule has 0 aromatic carbocycles. The Morgan fingerprint density at radius 1 is 1.46 bits per heavy atom. The van der Waals surface area contributed by atoms with Crippen molar-refractivity contribution in [2.24, 2.45) is 0 Å². The lowest BCUT2D eigenvalue weighted by atomic mass is 10.2. The van der Waals surface area contributed by atoms with E-state index in [1.807, 2.05) is 0 Å². The average molecular weight is 189 g/mol. The summed E-state index contributed by atoms with van der Waals surface area (Å²) in [5.41, 5.74) is -0.0730. The summed E-state index contributed by atoms with van der Waals surface area (Å²) in [6.45, 7) is 8.36. The normalized spacial score (nSPS) is 25.4. The number of rotatable bonds is 3. The Morgan fingerprint density at radius 3 is 2.69 bits per heavy atom. The maximum absolute atomic E-state index is 12.0. The first kappa shape index (κ1) is 10.9. The molecule has 0 radical (unpaired) electrons. The second-order valence-electron chi connectivity index (χ2n) is 4.63. The van der Waals surface area contributed by atoms with Crippen molar-refractivity contribution in [3.63, 3.8) is 0 Å². The molecule has 0 aliphatic carbocycles. The molecule has 1 saturated heterocycles. The van der Waals surface area contributed by atoms with Gasteiger partial charge < -0.3 is 4.74 Å². The Labute approximate surface area is 80.1 Å². The van der Waals surface area contributed by atoms with Crippen LogP contribution in [-0.2, 0) is 4.74 Å². The standard InChI is InChI=1S/C10H20FNO/c1-10(2,3)13-9-4-6-12(8-9)7-5-11/h9H,4-8H2,1-3H3. The smallest absolute Gasteiger partial charge is 0.102 e. The molecular weight excluding hydrogens is 169 g/mol. The number of hydrogen-bond acceptors (Lipinski definition) is 2. The van der Waals surface area contributed by atoms with E-state index in [0.29, 0.717) is 12.6 Å². The highest BCUT2D eigenvalue weighted by Crippen LogP contribution is 2.18. The Bertz CT molecular complexity index is 155. The van der Waals surface area contributed by atoms with Crippen LogP contribution in [0, 0.1) is 0 Å². The largest absolute Gasteiger partial charge is 0.371 e. The van der Waals surface area contributed by atoms with Crippen LogP contribution < -0.4 is 0 Å². The van der Waals surface area contributed by atoms with Crippen LogP contribution >= 0.6 is 0 Å². The van der Waals surface area contributed by atoms with Gasteiger partial charge in [0.15, 0.2) is 0 Å². The molecule has 0 N–H and O–H groups in total. The Hall–Kier alpha value is -0.150. The molecule has 3 heteroatoms. The zero-order valence-corrected chi connectivity index (χ0v) is 8.85. The van der Waals surface area contributed by atoms with Gasteiger partial charge in [0.2, 0.25) is 0 Å². The third-order valence-corrected chi connectivity index (χ3v) is 2.15. The van der Waals surface area contributed by atoms with Gasteiger partial charge in [0.05, 0.1) is 11.7 Å². The van der Waals surface area contributed by atoms with E-state index in [1.54, 1.807) is 0 Å². The molecule has 0 aromatic heterocycles. The highest BCUT2D eigenvalue weighted by molar-refractivity contribution is 4.78. The van der Waals surface area contributed by atoms with Crippen molar-refractivity contribution in [1.82, 2.24) is 4.90 Å². The van der Waals surface area contributed by atoms with Crippen molar-refractivity contribution < 1.29 is 9.13 Å². The SMILES string of the molecule is CC(C)(C)OC1CCN(CCF)C1. The summed E-state index contributed by atoms with van der Waals surface area (Å²) in [6, 6.07) is 0. The minimum absolute atomic E-state index is 0.0730. The van der Waals surface area contributed by atoms with E-state index in [0.717, 1.165) is 19.5 Å². The van der Waals surface area contributed by atoms with Crippen LogP contribution in [0.3, 0.4) is 0 Å². The molecule has 13 heavy (non-hydrogen) atoms. The van der Waals surface area contributed by atoms with Crippen LogP contribution in [0.2, 0.25) is 0 Å². The van der Waals surface area contributed by atoms with Crippen LogP contribution in [-0.4, -0.2) is 42.9 Å². The maximum Gasteiger partial charge on any atom is 0.102 e. The van der Waals surface area contributed by atoms with E-state index in [2.05, 4.69) is 25.7 Å². The van der Waals surface area contributed by atoms with E-state index in [4.69, 9.17) is 4.74 Å². The van der Waals surface area contributed by atoms with Gasteiger partial charge in [0, 0.05) is 19.6 Å². The van der Waals surface area contributed by atoms with Gasteiger partial charge in [-0.15, -0.1) is 0 Å². The van der Waals surface area contributed by atoms with Crippen molar-refractivity contribution in [1.29, 1.82) is 0 Å². The molecule has 78 valence electrons. The van der Waals surface area contributed by atoms with Crippen molar-refractivity contribution in [3.8, 4) is 0 Å². The Morgan fingerprint density at radius 2 is 2.15 bits per heavy atom. The molecular formula is C10H20FNO. The minimum Gasteiger partial charge on any atom is -0.371 e. The molecule has 0 saturated carbocycles. The van der Waals surface area contributed by atoms with Crippen molar-refractivity contribution in [3.05, 3.63) is 0 Å². The Kier molecular flexibility index (Phi) is 3.68. The van der Waals surface area contributed by atoms with E-state index in [-0.39, 0.29) is 12.3 Å². The summed E-state index contributed by atoms with van der Waals surface area (Å²) < 4.78 is 17.8. The fourth-order valence-electron chi connectivity index (χ4n) is 1.72. The molecule has 0 aromatic rings. The van der Waals surface area contributed by atoms with E-state index >= 15 is 0 Å². The molecule has 2 nitrogen and oxygen atoms in total. The van der Waals surface area contributed by atoms with E-state index in [1.165, 1.54) is 0 Å². The van der Waals surface area contributed by atoms with Gasteiger partial charge in [-0.2, -0.15) is 0 Å². The van der Waals surface area contributed by atoms with Crippen LogP contribution in [0.1, 0.15) is 27.2 Å². The number of ether oxygens (including phenoxy) is 1. The number of halogens is 1. The molecule has 1 atom stereocenters. The number of alkyl halides is 1. The lowest BCUT2D eigenvalue weighted by Gasteiger charge is -2.24. The third kappa shape index (κ3) is 4.05. The molecule has 0 amide bonds. The van der Waals surface area contributed by atoms with Gasteiger partial charge in [-0.25, -0.2) is 4.39 Å². The molecule has 1 fully saturated rings. The summed E-state index contributed by atoms with van der Waals surface area (Å²) in [4.78, 5) is 2.12. The van der Waals surface area contributed by atoms with Crippen molar-refractivity contribution in [2.75, 3.05) is 26.3 Å². The zero-order chi connectivity index (χ0) is 9.90. The predicted octanol–water partition coefficient (Wildman–Crippen LogP) is 1.85. The number of nitrogens with zero attached hydrogens (tertiary/aromatic N) is 1. The van der Waals surface area contributed by atoms with E-state index < -0.39 is 0 Å². The van der Waals surface area contributed by atoms with Crippen LogP contribution in [0.25, 0.3) is 0 Å². The first-order chi connectivity index (χ1) is 6.01. The second-order valence-corrected chi connectivity index (χ2v) is 4.63. The lowest BCUT2D eigenvalue weighted by molar-refractivity contribution is -0.0539. The number of hydrogen-bond donors (Lipinski definition) is 0. The fourth-order valence-corrected chi connectivity index (χ4v) is 1.72. The van der Waals surface area contributed by atoms with Gasteiger partial charge >= 0.3 is 0 Å².